The normalized spacial score (nSPS) is 11.0. The summed E-state index contributed by atoms with van der Waals surface area (Å²) in [6.07, 6.45) is 0. The van der Waals surface area contributed by atoms with Crippen LogP contribution in [0.3, 0.4) is 0 Å². The summed E-state index contributed by atoms with van der Waals surface area (Å²) in [7, 11) is 0. The molecule has 0 aromatic heterocycles. The molecule has 0 N–H and O–H groups in total. The minimum atomic E-state index is -0.290. The third-order valence-electron chi connectivity index (χ3n) is 7.63. The zero-order valence-corrected chi connectivity index (χ0v) is 25.3. The number of fused-ring (bicyclic) bond motifs is 1. The van der Waals surface area contributed by atoms with Crippen LogP contribution >= 0.6 is 0 Å². The summed E-state index contributed by atoms with van der Waals surface area (Å²) in [6.45, 7) is 0. The SMILES string of the molecule is c1cc[c]([Ge][c]2ccc(-c3ccc(-c4ccc(N(c5ccccc5)c5ccc6ccccc6c5)cc4)cc3)cc2)cc1. The summed E-state index contributed by atoms with van der Waals surface area (Å²) in [5.41, 5.74) is 8.35. The second-order valence-electron chi connectivity index (χ2n) is 10.4. The number of para-hydroxylation sites is 1. The molecule has 0 aliphatic carbocycles. The van der Waals surface area contributed by atoms with Gasteiger partial charge in [-0.3, -0.25) is 0 Å². The van der Waals surface area contributed by atoms with Gasteiger partial charge in [-0.25, -0.2) is 0 Å². The third kappa shape index (κ3) is 5.65. The molecule has 0 heterocycles. The maximum atomic E-state index is 2.32. The van der Waals surface area contributed by atoms with Crippen molar-refractivity contribution in [2.45, 2.75) is 0 Å². The van der Waals surface area contributed by atoms with Gasteiger partial charge in [0, 0.05) is 11.4 Å². The van der Waals surface area contributed by atoms with Crippen molar-refractivity contribution in [3.63, 3.8) is 0 Å². The van der Waals surface area contributed by atoms with Crippen LogP contribution in [0.5, 0.6) is 0 Å². The molecule has 0 bridgehead atoms. The van der Waals surface area contributed by atoms with Gasteiger partial charge in [0.05, 0.1) is 0 Å². The standard InChI is InChI=1S/C40H29GeN/c1-3-11-36(12-4-1)41-37-24-19-33(20-25-37)31-15-17-32(18-16-31)34-21-26-39(27-22-34)42(38-13-5-2-6-14-38)40-28-23-30-9-7-8-10-35(30)29-40/h1-29H. The fourth-order valence-electron chi connectivity index (χ4n) is 5.43. The first-order chi connectivity index (χ1) is 20.8. The first-order valence-electron chi connectivity index (χ1n) is 14.3. The Kier molecular flexibility index (Phi) is 7.41. The molecule has 2 radical (unpaired) electrons. The molecule has 42 heavy (non-hydrogen) atoms. The number of nitrogens with zero attached hydrogens (tertiary/aromatic N) is 1. The van der Waals surface area contributed by atoms with E-state index in [1.165, 1.54) is 41.8 Å². The van der Waals surface area contributed by atoms with E-state index in [0.717, 1.165) is 17.1 Å². The molecule has 0 fully saturated rings. The van der Waals surface area contributed by atoms with Crippen LogP contribution in [0.2, 0.25) is 0 Å². The summed E-state index contributed by atoms with van der Waals surface area (Å²) in [6, 6.07) is 63.5. The van der Waals surface area contributed by atoms with Crippen molar-refractivity contribution in [3.05, 3.63) is 176 Å². The molecular weight excluding hydrogens is 567 g/mol. The molecular formula is C40H29GeN. The van der Waals surface area contributed by atoms with Crippen molar-refractivity contribution in [2.75, 3.05) is 4.90 Å². The number of hydrogen-bond donors (Lipinski definition) is 0. The Balaban J connectivity index is 1.13. The van der Waals surface area contributed by atoms with Crippen LogP contribution in [-0.2, 0) is 0 Å². The Labute approximate surface area is 254 Å². The predicted octanol–water partition coefficient (Wildman–Crippen LogP) is 9.30. The second-order valence-corrected chi connectivity index (χ2v) is 13.3. The Bertz CT molecular complexity index is 1910. The molecule has 2 heteroatoms. The third-order valence-corrected chi connectivity index (χ3v) is 10.2. The monoisotopic (exact) mass is 597 g/mol. The van der Waals surface area contributed by atoms with Crippen LogP contribution in [0.1, 0.15) is 0 Å². The van der Waals surface area contributed by atoms with Crippen LogP contribution in [0.4, 0.5) is 17.1 Å². The molecule has 0 saturated carbocycles. The fraction of sp³-hybridized carbons (Fsp3) is 0. The van der Waals surface area contributed by atoms with Gasteiger partial charge in [-0.05, 0) is 35.0 Å². The summed E-state index contributed by atoms with van der Waals surface area (Å²) < 4.78 is 2.92. The molecule has 0 aliphatic rings. The molecule has 1 nitrogen and oxygen atoms in total. The summed E-state index contributed by atoms with van der Waals surface area (Å²) in [5, 5.41) is 2.48. The van der Waals surface area contributed by atoms with Crippen molar-refractivity contribution >= 4 is 52.1 Å². The molecule has 0 atom stereocenters. The van der Waals surface area contributed by atoms with Crippen LogP contribution in [0, 0.1) is 0 Å². The quantitative estimate of drug-likeness (QED) is 0.166. The van der Waals surface area contributed by atoms with Gasteiger partial charge >= 0.3 is 155 Å². The molecule has 7 aromatic rings. The Morgan fingerprint density at radius 1 is 0.310 bits per heavy atom. The van der Waals surface area contributed by atoms with Crippen molar-refractivity contribution in [2.24, 2.45) is 0 Å². The van der Waals surface area contributed by atoms with E-state index in [-0.39, 0.29) is 15.4 Å². The van der Waals surface area contributed by atoms with E-state index in [9.17, 15) is 0 Å². The van der Waals surface area contributed by atoms with E-state index in [4.69, 9.17) is 0 Å². The molecule has 0 unspecified atom stereocenters. The van der Waals surface area contributed by atoms with Crippen molar-refractivity contribution < 1.29 is 0 Å². The average molecular weight is 596 g/mol. The fourth-order valence-corrected chi connectivity index (χ4v) is 7.58. The first kappa shape index (κ1) is 26.1. The summed E-state index contributed by atoms with van der Waals surface area (Å²) >= 11 is -0.290. The number of hydrogen-bond acceptors (Lipinski definition) is 1. The molecule has 7 rings (SSSR count). The number of anilines is 3. The van der Waals surface area contributed by atoms with Gasteiger partial charge in [-0.1, -0.05) is 48.5 Å². The van der Waals surface area contributed by atoms with Gasteiger partial charge < -0.3 is 4.90 Å². The van der Waals surface area contributed by atoms with Crippen LogP contribution in [-0.4, -0.2) is 15.4 Å². The minimum absolute atomic E-state index is 0.290. The summed E-state index contributed by atoms with van der Waals surface area (Å²) in [5.74, 6) is 0. The van der Waals surface area contributed by atoms with E-state index in [1.54, 1.807) is 0 Å². The molecule has 0 saturated heterocycles. The number of rotatable bonds is 7. The van der Waals surface area contributed by atoms with Gasteiger partial charge in [0.15, 0.2) is 0 Å². The average Bonchev–Trinajstić information content (AvgIpc) is 3.07. The number of benzene rings is 7. The van der Waals surface area contributed by atoms with Crippen LogP contribution in [0.25, 0.3) is 33.0 Å². The molecule has 0 spiro atoms. The van der Waals surface area contributed by atoms with Gasteiger partial charge in [0.1, 0.15) is 0 Å². The molecule has 7 aromatic carbocycles. The van der Waals surface area contributed by atoms with E-state index in [2.05, 4.69) is 181 Å². The van der Waals surface area contributed by atoms with Gasteiger partial charge in [-0.2, -0.15) is 0 Å². The van der Waals surface area contributed by atoms with Crippen molar-refractivity contribution in [1.29, 1.82) is 0 Å². The zero-order chi connectivity index (χ0) is 28.1. The first-order valence-corrected chi connectivity index (χ1v) is 16.4. The molecule has 0 aliphatic heterocycles. The topological polar surface area (TPSA) is 3.24 Å². The summed E-state index contributed by atoms with van der Waals surface area (Å²) in [4.78, 5) is 2.32. The van der Waals surface area contributed by atoms with E-state index in [1.807, 2.05) is 0 Å². The van der Waals surface area contributed by atoms with Gasteiger partial charge in [0.2, 0.25) is 0 Å². The van der Waals surface area contributed by atoms with Gasteiger partial charge in [0.25, 0.3) is 0 Å². The molecule has 0 amide bonds. The Morgan fingerprint density at radius 3 is 1.36 bits per heavy atom. The van der Waals surface area contributed by atoms with Crippen LogP contribution in [0.15, 0.2) is 176 Å². The van der Waals surface area contributed by atoms with Crippen LogP contribution < -0.4 is 13.7 Å². The predicted molar refractivity (Wildman–Crippen MR) is 181 cm³/mol. The van der Waals surface area contributed by atoms with E-state index < -0.39 is 0 Å². The second kappa shape index (κ2) is 11.9. The maximum absolute atomic E-state index is 2.32. The van der Waals surface area contributed by atoms with E-state index >= 15 is 0 Å². The zero-order valence-electron chi connectivity index (χ0n) is 23.2. The van der Waals surface area contributed by atoms with E-state index in [0.29, 0.717) is 0 Å². The van der Waals surface area contributed by atoms with Crippen molar-refractivity contribution in [1.82, 2.24) is 0 Å². The van der Waals surface area contributed by atoms with Crippen molar-refractivity contribution in [3.8, 4) is 22.3 Å². The van der Waals surface area contributed by atoms with Gasteiger partial charge in [-0.15, -0.1) is 0 Å². The molecule has 198 valence electrons. The Morgan fingerprint density at radius 2 is 0.738 bits per heavy atom. The Hall–Kier alpha value is -4.86.